The van der Waals surface area contributed by atoms with Gasteiger partial charge in [-0.3, -0.25) is 4.79 Å². The largest absolute Gasteiger partial charge is 0.376 e. The molecule has 0 saturated carbocycles. The fraction of sp³-hybridized carbons (Fsp3) is 0.364. The summed E-state index contributed by atoms with van der Waals surface area (Å²) in [5.41, 5.74) is 0.0920. The SMILES string of the molecule is O=C(c1ccc(F)c(F)c1)C1COCCO1. The van der Waals surface area contributed by atoms with Crippen molar-refractivity contribution < 1.29 is 23.0 Å². The number of halogens is 2. The molecule has 86 valence electrons. The van der Waals surface area contributed by atoms with E-state index in [2.05, 4.69) is 0 Å². The van der Waals surface area contributed by atoms with E-state index in [0.29, 0.717) is 13.2 Å². The second kappa shape index (κ2) is 4.67. The van der Waals surface area contributed by atoms with Gasteiger partial charge in [-0.05, 0) is 18.2 Å². The predicted molar refractivity (Wildman–Crippen MR) is 51.2 cm³/mol. The van der Waals surface area contributed by atoms with E-state index in [4.69, 9.17) is 9.47 Å². The normalized spacial score (nSPS) is 20.8. The maximum absolute atomic E-state index is 12.9. The van der Waals surface area contributed by atoms with Gasteiger partial charge in [-0.2, -0.15) is 0 Å². The summed E-state index contributed by atoms with van der Waals surface area (Å²) in [6.45, 7) is 0.930. The van der Waals surface area contributed by atoms with Gasteiger partial charge in [0, 0.05) is 5.56 Å². The molecular formula is C11H10F2O3. The number of hydrogen-bond donors (Lipinski definition) is 0. The van der Waals surface area contributed by atoms with Gasteiger partial charge >= 0.3 is 0 Å². The van der Waals surface area contributed by atoms with Crippen LogP contribution in [0.1, 0.15) is 10.4 Å². The second-order valence-corrected chi connectivity index (χ2v) is 3.43. The molecule has 5 heteroatoms. The van der Waals surface area contributed by atoms with Crippen LogP contribution >= 0.6 is 0 Å². The molecule has 0 aromatic heterocycles. The molecule has 0 radical (unpaired) electrons. The average Bonchev–Trinajstić information content (AvgIpc) is 2.33. The van der Waals surface area contributed by atoms with Crippen molar-refractivity contribution in [2.75, 3.05) is 19.8 Å². The molecule has 0 spiro atoms. The number of Topliss-reactive ketones (excluding diaryl/α,β-unsaturated/α-hetero) is 1. The molecule has 1 unspecified atom stereocenters. The fourth-order valence-corrected chi connectivity index (χ4v) is 1.47. The topological polar surface area (TPSA) is 35.5 Å². The van der Waals surface area contributed by atoms with Crippen LogP contribution in [0, 0.1) is 11.6 Å². The van der Waals surface area contributed by atoms with Crippen LogP contribution in [0.15, 0.2) is 18.2 Å². The summed E-state index contributed by atoms with van der Waals surface area (Å²) >= 11 is 0. The van der Waals surface area contributed by atoms with Crippen molar-refractivity contribution in [3.8, 4) is 0 Å². The molecule has 0 bridgehead atoms. The highest BCUT2D eigenvalue weighted by Crippen LogP contribution is 2.13. The Hall–Kier alpha value is -1.33. The van der Waals surface area contributed by atoms with Crippen LogP contribution < -0.4 is 0 Å². The zero-order valence-corrected chi connectivity index (χ0v) is 8.41. The smallest absolute Gasteiger partial charge is 0.194 e. The number of hydrogen-bond acceptors (Lipinski definition) is 3. The first kappa shape index (κ1) is 11.2. The van der Waals surface area contributed by atoms with E-state index in [0.717, 1.165) is 12.1 Å². The highest BCUT2D eigenvalue weighted by atomic mass is 19.2. The molecular weight excluding hydrogens is 218 g/mol. The molecule has 1 aliphatic rings. The van der Waals surface area contributed by atoms with Gasteiger partial charge in [0.15, 0.2) is 17.4 Å². The summed E-state index contributed by atoms with van der Waals surface area (Å²) in [4.78, 5) is 11.8. The van der Waals surface area contributed by atoms with Gasteiger partial charge < -0.3 is 9.47 Å². The van der Waals surface area contributed by atoms with E-state index in [1.54, 1.807) is 0 Å². The molecule has 0 amide bonds. The van der Waals surface area contributed by atoms with Gasteiger partial charge in [-0.1, -0.05) is 0 Å². The molecule has 1 fully saturated rings. The molecule has 1 aliphatic heterocycles. The van der Waals surface area contributed by atoms with Crippen molar-refractivity contribution in [3.05, 3.63) is 35.4 Å². The first-order valence-corrected chi connectivity index (χ1v) is 4.87. The summed E-state index contributed by atoms with van der Waals surface area (Å²) in [7, 11) is 0. The van der Waals surface area contributed by atoms with E-state index in [1.807, 2.05) is 0 Å². The highest BCUT2D eigenvalue weighted by molar-refractivity contribution is 5.99. The predicted octanol–water partition coefficient (Wildman–Crippen LogP) is 1.56. The van der Waals surface area contributed by atoms with E-state index >= 15 is 0 Å². The lowest BCUT2D eigenvalue weighted by Crippen LogP contribution is -2.35. The standard InChI is InChI=1S/C11H10F2O3/c12-8-2-1-7(5-9(8)13)11(14)10-6-15-3-4-16-10/h1-2,5,10H,3-4,6H2. The molecule has 1 aromatic carbocycles. The molecule has 1 saturated heterocycles. The van der Waals surface area contributed by atoms with Crippen LogP contribution in [-0.2, 0) is 9.47 Å². The molecule has 1 atom stereocenters. The number of rotatable bonds is 2. The summed E-state index contributed by atoms with van der Waals surface area (Å²) in [6.07, 6.45) is -0.724. The second-order valence-electron chi connectivity index (χ2n) is 3.43. The first-order chi connectivity index (χ1) is 7.68. The minimum Gasteiger partial charge on any atom is -0.376 e. The Balaban J connectivity index is 2.16. The molecule has 16 heavy (non-hydrogen) atoms. The van der Waals surface area contributed by atoms with Crippen LogP contribution in [0.5, 0.6) is 0 Å². The summed E-state index contributed by atoms with van der Waals surface area (Å²) in [6, 6.07) is 3.03. The number of ketones is 1. The third-order valence-corrected chi connectivity index (χ3v) is 2.31. The number of ether oxygens (including phenoxy) is 2. The Morgan fingerprint density at radius 2 is 2.06 bits per heavy atom. The minimum atomic E-state index is -1.04. The molecule has 1 heterocycles. The Labute approximate surface area is 91.0 Å². The van der Waals surface area contributed by atoms with Crippen molar-refractivity contribution in [1.82, 2.24) is 0 Å². The Morgan fingerprint density at radius 3 is 2.69 bits per heavy atom. The van der Waals surface area contributed by atoms with Gasteiger partial charge in [0.1, 0.15) is 6.10 Å². The zero-order valence-electron chi connectivity index (χ0n) is 8.41. The van der Waals surface area contributed by atoms with E-state index < -0.39 is 23.5 Å². The lowest BCUT2D eigenvalue weighted by molar-refractivity contribution is -0.0719. The fourth-order valence-electron chi connectivity index (χ4n) is 1.47. The van der Waals surface area contributed by atoms with Crippen LogP contribution in [0.3, 0.4) is 0 Å². The van der Waals surface area contributed by atoms with Crippen molar-refractivity contribution in [2.24, 2.45) is 0 Å². The van der Waals surface area contributed by atoms with Crippen molar-refractivity contribution in [1.29, 1.82) is 0 Å². The molecule has 3 nitrogen and oxygen atoms in total. The maximum atomic E-state index is 12.9. The molecule has 1 aromatic rings. The van der Waals surface area contributed by atoms with E-state index in [9.17, 15) is 13.6 Å². The van der Waals surface area contributed by atoms with Gasteiger partial charge in [0.05, 0.1) is 19.8 Å². The number of carbonyl (C=O) groups is 1. The molecule has 0 N–H and O–H groups in total. The van der Waals surface area contributed by atoms with Gasteiger partial charge in [-0.15, -0.1) is 0 Å². The Kier molecular flexibility index (Phi) is 3.26. The van der Waals surface area contributed by atoms with Gasteiger partial charge in [-0.25, -0.2) is 8.78 Å². The quantitative estimate of drug-likeness (QED) is 0.720. The van der Waals surface area contributed by atoms with E-state index in [1.165, 1.54) is 6.07 Å². The third kappa shape index (κ3) is 2.25. The monoisotopic (exact) mass is 228 g/mol. The zero-order chi connectivity index (χ0) is 11.5. The van der Waals surface area contributed by atoms with Crippen LogP contribution in [0.25, 0.3) is 0 Å². The van der Waals surface area contributed by atoms with Crippen molar-refractivity contribution in [2.45, 2.75) is 6.10 Å². The third-order valence-electron chi connectivity index (χ3n) is 2.31. The summed E-state index contributed by atoms with van der Waals surface area (Å²) in [5, 5.41) is 0. The van der Waals surface area contributed by atoms with Crippen LogP contribution in [-0.4, -0.2) is 31.7 Å². The molecule has 0 aliphatic carbocycles. The first-order valence-electron chi connectivity index (χ1n) is 4.87. The van der Waals surface area contributed by atoms with Gasteiger partial charge in [0.25, 0.3) is 0 Å². The highest BCUT2D eigenvalue weighted by Gasteiger charge is 2.24. The summed E-state index contributed by atoms with van der Waals surface area (Å²) in [5.74, 6) is -2.40. The number of benzene rings is 1. The van der Waals surface area contributed by atoms with Crippen LogP contribution in [0.2, 0.25) is 0 Å². The number of carbonyl (C=O) groups excluding carboxylic acids is 1. The maximum Gasteiger partial charge on any atom is 0.194 e. The summed E-state index contributed by atoms with van der Waals surface area (Å²) < 4.78 is 35.8. The van der Waals surface area contributed by atoms with E-state index in [-0.39, 0.29) is 12.2 Å². The Morgan fingerprint density at radius 1 is 1.25 bits per heavy atom. The van der Waals surface area contributed by atoms with Crippen molar-refractivity contribution >= 4 is 5.78 Å². The Bertz CT molecular complexity index is 400. The van der Waals surface area contributed by atoms with Crippen LogP contribution in [0.4, 0.5) is 8.78 Å². The minimum absolute atomic E-state index is 0.0920. The van der Waals surface area contributed by atoms with Gasteiger partial charge in [0.2, 0.25) is 0 Å². The average molecular weight is 228 g/mol. The lowest BCUT2D eigenvalue weighted by atomic mass is 10.1. The van der Waals surface area contributed by atoms with Crippen molar-refractivity contribution in [3.63, 3.8) is 0 Å². The lowest BCUT2D eigenvalue weighted by Gasteiger charge is -2.21. The molecule has 2 rings (SSSR count).